The molecule has 0 saturated heterocycles. The fraction of sp³-hybridized carbons (Fsp3) is 0.462. The Morgan fingerprint density at radius 2 is 2.19 bits per heavy atom. The van der Waals surface area contributed by atoms with Gasteiger partial charge in [0.2, 0.25) is 10.0 Å². The Morgan fingerprint density at radius 1 is 1.38 bits per heavy atom. The molecule has 1 aliphatic carbocycles. The summed E-state index contributed by atoms with van der Waals surface area (Å²) in [4.78, 5) is 6.62. The zero-order chi connectivity index (χ0) is 14.9. The minimum Gasteiger partial charge on any atom is -0.309 e. The van der Waals surface area contributed by atoms with Crippen LogP contribution >= 0.6 is 22.7 Å². The number of thiophene rings is 1. The molecule has 5 nitrogen and oxygen atoms in total. The second-order valence-electron chi connectivity index (χ2n) is 5.09. The van der Waals surface area contributed by atoms with E-state index in [0.29, 0.717) is 10.9 Å². The fourth-order valence-electron chi connectivity index (χ4n) is 1.85. The van der Waals surface area contributed by atoms with E-state index in [1.54, 1.807) is 17.6 Å². The maximum absolute atomic E-state index is 12.2. The van der Waals surface area contributed by atoms with Crippen LogP contribution < -0.4 is 10.0 Å². The lowest BCUT2D eigenvalue weighted by Crippen LogP contribution is -2.22. The van der Waals surface area contributed by atoms with Crippen molar-refractivity contribution in [1.82, 2.24) is 15.0 Å². The van der Waals surface area contributed by atoms with Crippen molar-refractivity contribution in [3.63, 3.8) is 0 Å². The van der Waals surface area contributed by atoms with Crippen LogP contribution in [0, 0.1) is 6.92 Å². The normalized spacial score (nSPS) is 15.5. The topological polar surface area (TPSA) is 71.1 Å². The van der Waals surface area contributed by atoms with Gasteiger partial charge in [-0.25, -0.2) is 18.1 Å². The Labute approximate surface area is 132 Å². The molecule has 2 aromatic heterocycles. The zero-order valence-electron chi connectivity index (χ0n) is 11.6. The monoisotopic (exact) mass is 343 g/mol. The zero-order valence-corrected chi connectivity index (χ0v) is 14.1. The second-order valence-corrected chi connectivity index (χ2v) is 9.18. The lowest BCUT2D eigenvalue weighted by molar-refractivity contribution is 0.581. The number of aromatic nitrogens is 1. The third-order valence-corrected chi connectivity index (χ3v) is 6.54. The maximum Gasteiger partial charge on any atom is 0.241 e. The molecule has 2 N–H and O–H groups in total. The van der Waals surface area contributed by atoms with E-state index in [1.165, 1.54) is 35.5 Å². The molecule has 0 bridgehead atoms. The number of sulfonamides is 1. The van der Waals surface area contributed by atoms with Gasteiger partial charge in [-0.2, -0.15) is 0 Å². The van der Waals surface area contributed by atoms with E-state index in [0.717, 1.165) is 21.3 Å². The Kier molecular flexibility index (Phi) is 4.41. The molecule has 2 aromatic rings. The lowest BCUT2D eigenvalue weighted by Gasteiger charge is -2.02. The molecule has 0 spiro atoms. The average molecular weight is 343 g/mol. The van der Waals surface area contributed by atoms with Crippen LogP contribution in [0.3, 0.4) is 0 Å². The van der Waals surface area contributed by atoms with E-state index >= 15 is 0 Å². The van der Waals surface area contributed by atoms with Crippen LogP contribution in [-0.4, -0.2) is 19.4 Å². The van der Waals surface area contributed by atoms with Gasteiger partial charge < -0.3 is 5.32 Å². The molecule has 3 rings (SSSR count). The van der Waals surface area contributed by atoms with Crippen LogP contribution in [0.25, 0.3) is 0 Å². The molecule has 0 aliphatic heterocycles. The molecule has 0 aromatic carbocycles. The molecule has 21 heavy (non-hydrogen) atoms. The Balaban J connectivity index is 1.60. The van der Waals surface area contributed by atoms with Crippen molar-refractivity contribution >= 4 is 32.7 Å². The predicted molar refractivity (Wildman–Crippen MR) is 85.1 cm³/mol. The van der Waals surface area contributed by atoms with Gasteiger partial charge in [0, 0.05) is 33.9 Å². The number of hydrogen-bond donors (Lipinski definition) is 2. The summed E-state index contributed by atoms with van der Waals surface area (Å²) in [7, 11) is -3.45. The van der Waals surface area contributed by atoms with Crippen LogP contribution in [-0.2, 0) is 23.1 Å². The summed E-state index contributed by atoms with van der Waals surface area (Å²) in [5.74, 6) is 0. The fourth-order valence-corrected chi connectivity index (χ4v) is 4.88. The summed E-state index contributed by atoms with van der Waals surface area (Å²) in [5, 5.41) is 5.86. The van der Waals surface area contributed by atoms with Crippen molar-refractivity contribution in [3.05, 3.63) is 32.4 Å². The van der Waals surface area contributed by atoms with Crippen molar-refractivity contribution in [1.29, 1.82) is 0 Å². The van der Waals surface area contributed by atoms with E-state index in [2.05, 4.69) is 15.0 Å². The quantitative estimate of drug-likeness (QED) is 0.809. The molecule has 0 atom stereocenters. The SMILES string of the molecule is Cc1cnc(CNS(=O)(=O)c2csc(CNC3CC3)c2)s1. The first-order valence-corrected chi connectivity index (χ1v) is 9.92. The van der Waals surface area contributed by atoms with Crippen LogP contribution in [0.1, 0.15) is 27.6 Å². The molecule has 8 heteroatoms. The highest BCUT2D eigenvalue weighted by atomic mass is 32.2. The van der Waals surface area contributed by atoms with Gasteiger partial charge in [0.1, 0.15) is 5.01 Å². The Morgan fingerprint density at radius 3 is 2.86 bits per heavy atom. The highest BCUT2D eigenvalue weighted by molar-refractivity contribution is 7.89. The van der Waals surface area contributed by atoms with Gasteiger partial charge in [-0.15, -0.1) is 22.7 Å². The molecule has 1 aliphatic rings. The molecular weight excluding hydrogens is 326 g/mol. The highest BCUT2D eigenvalue weighted by Gasteiger charge is 2.21. The van der Waals surface area contributed by atoms with Crippen LogP contribution in [0.4, 0.5) is 0 Å². The van der Waals surface area contributed by atoms with Crippen LogP contribution in [0.5, 0.6) is 0 Å². The van der Waals surface area contributed by atoms with Gasteiger partial charge in [-0.1, -0.05) is 0 Å². The van der Waals surface area contributed by atoms with Crippen molar-refractivity contribution in [3.8, 4) is 0 Å². The van der Waals surface area contributed by atoms with E-state index < -0.39 is 10.0 Å². The summed E-state index contributed by atoms with van der Waals surface area (Å²) in [6.45, 7) is 2.94. The summed E-state index contributed by atoms with van der Waals surface area (Å²) in [6.07, 6.45) is 4.21. The molecule has 1 fully saturated rings. The van der Waals surface area contributed by atoms with E-state index in [1.807, 2.05) is 6.92 Å². The molecule has 1 saturated carbocycles. The first-order chi connectivity index (χ1) is 10.0. The smallest absolute Gasteiger partial charge is 0.241 e. The van der Waals surface area contributed by atoms with Crippen molar-refractivity contribution in [2.75, 3.05) is 0 Å². The standard InChI is InChI=1S/C13H17N3O2S3/c1-9-5-15-13(20-9)7-16-21(17,18)12-4-11(19-8-12)6-14-10-2-3-10/h4-5,8,10,14,16H,2-3,6-7H2,1H3. The van der Waals surface area contributed by atoms with Gasteiger partial charge in [-0.05, 0) is 25.8 Å². The van der Waals surface area contributed by atoms with Gasteiger partial charge in [0.25, 0.3) is 0 Å². The molecule has 0 unspecified atom stereocenters. The largest absolute Gasteiger partial charge is 0.309 e. The summed E-state index contributed by atoms with van der Waals surface area (Å²) in [6, 6.07) is 2.37. The van der Waals surface area contributed by atoms with Crippen molar-refractivity contribution < 1.29 is 8.42 Å². The summed E-state index contributed by atoms with van der Waals surface area (Å²) < 4.78 is 27.1. The molecule has 114 valence electrons. The summed E-state index contributed by atoms with van der Waals surface area (Å²) >= 11 is 2.98. The number of aryl methyl sites for hydroxylation is 1. The van der Waals surface area contributed by atoms with Crippen molar-refractivity contribution in [2.24, 2.45) is 0 Å². The Bertz CT molecular complexity index is 717. The van der Waals surface area contributed by atoms with Gasteiger partial charge in [-0.3, -0.25) is 0 Å². The number of thiazole rings is 1. The predicted octanol–water partition coefficient (Wildman–Crippen LogP) is 2.24. The van der Waals surface area contributed by atoms with Crippen molar-refractivity contribution in [2.45, 2.75) is 43.8 Å². The molecule has 0 amide bonds. The minimum absolute atomic E-state index is 0.242. The minimum atomic E-state index is -3.45. The number of nitrogens with one attached hydrogen (secondary N) is 2. The molecule has 2 heterocycles. The van der Waals surface area contributed by atoms with Crippen LogP contribution in [0.15, 0.2) is 22.5 Å². The number of rotatable bonds is 7. The van der Waals surface area contributed by atoms with E-state index in [-0.39, 0.29) is 6.54 Å². The first kappa shape index (κ1) is 15.1. The van der Waals surface area contributed by atoms with Gasteiger partial charge in [0.15, 0.2) is 0 Å². The molecular formula is C13H17N3O2S3. The highest BCUT2D eigenvalue weighted by Crippen LogP contribution is 2.23. The van der Waals surface area contributed by atoms with Crippen LogP contribution in [0.2, 0.25) is 0 Å². The van der Waals surface area contributed by atoms with E-state index in [9.17, 15) is 8.42 Å². The summed E-state index contributed by atoms with van der Waals surface area (Å²) in [5.41, 5.74) is 0. The first-order valence-electron chi connectivity index (χ1n) is 6.75. The molecule has 0 radical (unpaired) electrons. The third-order valence-electron chi connectivity index (χ3n) is 3.16. The maximum atomic E-state index is 12.2. The Hall–Kier alpha value is -0.800. The third kappa shape index (κ3) is 4.10. The second kappa shape index (κ2) is 6.13. The van der Waals surface area contributed by atoms with Gasteiger partial charge >= 0.3 is 0 Å². The number of hydrogen-bond acceptors (Lipinski definition) is 6. The van der Waals surface area contributed by atoms with E-state index in [4.69, 9.17) is 0 Å². The van der Waals surface area contributed by atoms with Gasteiger partial charge in [0.05, 0.1) is 11.4 Å². The lowest BCUT2D eigenvalue weighted by atomic mass is 10.4. The average Bonchev–Trinajstić information content (AvgIpc) is 2.97. The number of nitrogens with zero attached hydrogens (tertiary/aromatic N) is 1.